The van der Waals surface area contributed by atoms with Gasteiger partial charge in [-0.2, -0.15) is 0 Å². The Balaban J connectivity index is 1.63. The lowest BCUT2D eigenvalue weighted by Crippen LogP contribution is -2.65. The van der Waals surface area contributed by atoms with Crippen LogP contribution in [-0.2, 0) is 27.3 Å². The van der Waals surface area contributed by atoms with Crippen molar-refractivity contribution in [3.8, 4) is 16.9 Å². The number of aliphatic hydroxyl groups excluding tert-OH is 2. The third-order valence-electron chi connectivity index (χ3n) is 8.47. The van der Waals surface area contributed by atoms with Crippen LogP contribution in [0.5, 0.6) is 5.75 Å². The molecular formula is C30H32FN3O7. The molecule has 0 heterocycles. The average Bonchev–Trinajstić information content (AvgIpc) is 2.91. The third kappa shape index (κ3) is 4.32. The maximum absolute atomic E-state index is 13.9. The molecule has 10 nitrogen and oxygen atoms in total. The molecule has 0 saturated heterocycles. The second kappa shape index (κ2) is 10.4. The number of likely N-dealkylation sites (N-methyl/N-ethyl adjacent to an activating group) is 1. The molecule has 1 amide bonds. The Labute approximate surface area is 235 Å². The van der Waals surface area contributed by atoms with E-state index in [9.17, 15) is 39.2 Å². The Hall–Kier alpha value is -4.06. The largest absolute Gasteiger partial charge is 0.508 e. The van der Waals surface area contributed by atoms with E-state index in [1.54, 1.807) is 20.2 Å². The summed E-state index contributed by atoms with van der Waals surface area (Å²) in [6.45, 7) is 0.267. The monoisotopic (exact) mass is 565 g/mol. The highest BCUT2D eigenvalue weighted by molar-refractivity contribution is 6.24. The summed E-state index contributed by atoms with van der Waals surface area (Å²) < 4.78 is 12.4. The number of hydrogen-bond acceptors (Lipinski definition) is 9. The van der Waals surface area contributed by atoms with Crippen LogP contribution in [0.4, 0.5) is 4.39 Å². The molecule has 2 aromatic rings. The van der Waals surface area contributed by atoms with Crippen molar-refractivity contribution in [2.24, 2.45) is 17.6 Å². The first-order valence-corrected chi connectivity index (χ1v) is 13.3. The number of alkyl halides is 1. The van der Waals surface area contributed by atoms with Crippen molar-refractivity contribution < 1.29 is 39.2 Å². The number of phenols is 1. The van der Waals surface area contributed by atoms with Crippen LogP contribution in [0.2, 0.25) is 0 Å². The molecule has 5 rings (SSSR count). The summed E-state index contributed by atoms with van der Waals surface area (Å²) in [6.07, 6.45) is 0.206. The van der Waals surface area contributed by atoms with Crippen molar-refractivity contribution in [1.29, 1.82) is 0 Å². The SMILES string of the molecule is CN(C)C1C(=O)C(C(N)=O)=C(O)[C@@]2(O)C(=O)C3=C(O)c4c(O)ccc(-c5ccc(CNCCF)cc5)c4C[C@@H]3C[C@@H]12. The first-order valence-electron chi connectivity index (χ1n) is 13.3. The van der Waals surface area contributed by atoms with Gasteiger partial charge in [-0.3, -0.25) is 19.3 Å². The molecule has 11 heteroatoms. The van der Waals surface area contributed by atoms with Gasteiger partial charge in [0.15, 0.2) is 11.4 Å². The number of amides is 1. The van der Waals surface area contributed by atoms with E-state index < -0.39 is 64.7 Å². The van der Waals surface area contributed by atoms with E-state index in [4.69, 9.17) is 5.73 Å². The van der Waals surface area contributed by atoms with Crippen LogP contribution >= 0.6 is 0 Å². The fraction of sp³-hybridized carbons (Fsp3) is 0.367. The number of nitrogens with two attached hydrogens (primary N) is 1. The molecule has 0 bridgehead atoms. The number of ketones is 2. The quantitative estimate of drug-likeness (QED) is 0.216. The van der Waals surface area contributed by atoms with Crippen LogP contribution < -0.4 is 11.1 Å². The van der Waals surface area contributed by atoms with Gasteiger partial charge in [-0.15, -0.1) is 0 Å². The molecule has 0 aliphatic heterocycles. The molecular weight excluding hydrogens is 533 g/mol. The molecule has 1 unspecified atom stereocenters. The van der Waals surface area contributed by atoms with Gasteiger partial charge in [0.05, 0.1) is 11.6 Å². The zero-order valence-electron chi connectivity index (χ0n) is 22.6. The summed E-state index contributed by atoms with van der Waals surface area (Å²) in [4.78, 5) is 40.8. The Kier molecular flexibility index (Phi) is 7.22. The average molecular weight is 566 g/mol. The predicted molar refractivity (Wildman–Crippen MR) is 147 cm³/mol. The molecule has 1 fully saturated rings. The molecule has 1 saturated carbocycles. The summed E-state index contributed by atoms with van der Waals surface area (Å²) in [7, 11) is 3.11. The number of Topliss-reactive ketones (excluding diaryl/α,β-unsaturated/α-hetero) is 2. The first-order chi connectivity index (χ1) is 19.4. The van der Waals surface area contributed by atoms with E-state index in [1.807, 2.05) is 24.3 Å². The van der Waals surface area contributed by atoms with Gasteiger partial charge in [-0.05, 0) is 61.2 Å². The molecule has 0 spiro atoms. The summed E-state index contributed by atoms with van der Waals surface area (Å²) in [5.74, 6) is -6.85. The number of carbonyl (C=O) groups is 3. The first kappa shape index (κ1) is 28.5. The van der Waals surface area contributed by atoms with Crippen LogP contribution in [-0.4, -0.2) is 81.8 Å². The maximum Gasteiger partial charge on any atom is 0.255 e. The van der Waals surface area contributed by atoms with E-state index >= 15 is 0 Å². The molecule has 3 aliphatic rings. The molecule has 4 atom stereocenters. The van der Waals surface area contributed by atoms with Crippen molar-refractivity contribution >= 4 is 23.2 Å². The fourth-order valence-corrected chi connectivity index (χ4v) is 6.62. The number of hydrogen-bond donors (Lipinski definition) is 6. The Morgan fingerprint density at radius 1 is 1.12 bits per heavy atom. The number of primary amides is 1. The van der Waals surface area contributed by atoms with E-state index in [2.05, 4.69) is 5.32 Å². The smallest absolute Gasteiger partial charge is 0.255 e. The van der Waals surface area contributed by atoms with Crippen molar-refractivity contribution in [2.45, 2.75) is 31.0 Å². The lowest BCUT2D eigenvalue weighted by atomic mass is 9.57. The Bertz CT molecular complexity index is 1510. The summed E-state index contributed by atoms with van der Waals surface area (Å²) in [6, 6.07) is 9.48. The summed E-state index contributed by atoms with van der Waals surface area (Å²) >= 11 is 0. The van der Waals surface area contributed by atoms with E-state index in [-0.39, 0.29) is 36.3 Å². The number of aliphatic hydroxyl groups is 3. The van der Waals surface area contributed by atoms with Crippen LogP contribution in [0.1, 0.15) is 23.1 Å². The van der Waals surface area contributed by atoms with Crippen molar-refractivity contribution in [3.63, 3.8) is 0 Å². The van der Waals surface area contributed by atoms with Gasteiger partial charge < -0.3 is 31.5 Å². The fourth-order valence-electron chi connectivity index (χ4n) is 6.62. The Morgan fingerprint density at radius 3 is 2.41 bits per heavy atom. The lowest BCUT2D eigenvalue weighted by molar-refractivity contribution is -0.153. The zero-order valence-corrected chi connectivity index (χ0v) is 22.6. The normalized spacial score (nSPS) is 25.7. The molecule has 41 heavy (non-hydrogen) atoms. The van der Waals surface area contributed by atoms with Gasteiger partial charge in [0.1, 0.15) is 29.5 Å². The number of fused-ring (bicyclic) bond motifs is 3. The number of rotatable bonds is 7. The number of phenolic OH excluding ortho intramolecular Hbond substituents is 1. The van der Waals surface area contributed by atoms with Crippen LogP contribution in [0, 0.1) is 11.8 Å². The predicted octanol–water partition coefficient (Wildman–Crippen LogP) is 1.69. The number of carbonyl (C=O) groups excluding carboxylic acids is 3. The highest BCUT2D eigenvalue weighted by Gasteiger charge is 2.64. The van der Waals surface area contributed by atoms with E-state index in [0.29, 0.717) is 17.7 Å². The topological polar surface area (TPSA) is 173 Å². The maximum atomic E-state index is 13.9. The minimum Gasteiger partial charge on any atom is -0.508 e. The minimum absolute atomic E-state index is 0.0139. The third-order valence-corrected chi connectivity index (χ3v) is 8.47. The molecule has 0 radical (unpaired) electrons. The second-order valence-corrected chi connectivity index (χ2v) is 11.0. The van der Waals surface area contributed by atoms with Gasteiger partial charge in [0, 0.05) is 24.6 Å². The Morgan fingerprint density at radius 2 is 1.80 bits per heavy atom. The number of halogens is 1. The van der Waals surface area contributed by atoms with Crippen molar-refractivity contribution in [2.75, 3.05) is 27.3 Å². The van der Waals surface area contributed by atoms with Gasteiger partial charge in [0.2, 0.25) is 5.78 Å². The van der Waals surface area contributed by atoms with Gasteiger partial charge >= 0.3 is 0 Å². The number of benzene rings is 2. The van der Waals surface area contributed by atoms with Crippen LogP contribution in [0.3, 0.4) is 0 Å². The standard InChI is InChI=1S/C30H32FN3O7/c1-34(2)24-19-12-16-11-18-17(15-5-3-14(4-6-15)13-33-10-9-31)7-8-20(35)22(18)25(36)21(16)27(38)30(19,41)28(39)23(26(24)37)29(32)40/h3-8,16,19,24,33,35-36,39,41H,9-13H2,1-2H3,(H2,32,40)/t16-,19+,24?,30+/m1/s1. The highest BCUT2D eigenvalue weighted by atomic mass is 19.1. The zero-order chi connectivity index (χ0) is 29.8. The van der Waals surface area contributed by atoms with Crippen LogP contribution in [0.15, 0.2) is 53.3 Å². The van der Waals surface area contributed by atoms with Crippen molar-refractivity contribution in [1.82, 2.24) is 10.2 Å². The second-order valence-electron chi connectivity index (χ2n) is 11.0. The van der Waals surface area contributed by atoms with Gasteiger partial charge in [-0.25, -0.2) is 4.39 Å². The number of nitrogens with zero attached hydrogens (tertiary/aromatic N) is 1. The van der Waals surface area contributed by atoms with Gasteiger partial charge in [-0.1, -0.05) is 30.3 Å². The van der Waals surface area contributed by atoms with Crippen molar-refractivity contribution in [3.05, 3.63) is 70.0 Å². The summed E-state index contributed by atoms with van der Waals surface area (Å²) in [5.41, 5.74) is 4.70. The van der Waals surface area contributed by atoms with Crippen LogP contribution in [0.25, 0.3) is 16.9 Å². The highest BCUT2D eigenvalue weighted by Crippen LogP contribution is 2.53. The number of aromatic hydroxyl groups is 1. The molecule has 216 valence electrons. The van der Waals surface area contributed by atoms with Gasteiger partial charge in [0.25, 0.3) is 5.91 Å². The lowest BCUT2D eigenvalue weighted by Gasteiger charge is -2.50. The molecule has 7 N–H and O–H groups in total. The molecule has 0 aromatic heterocycles. The minimum atomic E-state index is -2.68. The summed E-state index contributed by atoms with van der Waals surface area (Å²) in [5, 5.41) is 47.8. The van der Waals surface area contributed by atoms with E-state index in [0.717, 1.165) is 11.1 Å². The number of nitrogens with one attached hydrogen (secondary N) is 1. The van der Waals surface area contributed by atoms with E-state index in [1.165, 1.54) is 11.0 Å². The molecule has 2 aromatic carbocycles. The molecule has 3 aliphatic carbocycles.